The maximum Gasteiger partial charge on any atom is 0.416 e. The fourth-order valence-electron chi connectivity index (χ4n) is 3.59. The average Bonchev–Trinajstić information content (AvgIpc) is 3.50. The minimum absolute atomic E-state index is 0.0677. The number of rotatable bonds is 7. The number of nitrogens with zero attached hydrogens (tertiary/aromatic N) is 4. The molecule has 0 atom stereocenters. The Morgan fingerprint density at radius 2 is 1.86 bits per heavy atom. The summed E-state index contributed by atoms with van der Waals surface area (Å²) in [6.45, 7) is 4.31. The van der Waals surface area contributed by atoms with Crippen LogP contribution in [0.5, 0.6) is 5.88 Å². The van der Waals surface area contributed by atoms with Crippen molar-refractivity contribution in [1.82, 2.24) is 24.3 Å². The first-order valence-corrected chi connectivity index (χ1v) is 11.2. The Kier molecular flexibility index (Phi) is 7.00. The van der Waals surface area contributed by atoms with E-state index in [1.165, 1.54) is 27.3 Å². The van der Waals surface area contributed by atoms with Crippen LogP contribution in [-0.4, -0.2) is 30.9 Å². The summed E-state index contributed by atoms with van der Waals surface area (Å²) in [7, 11) is 0. The molecule has 0 aliphatic rings. The smallest absolute Gasteiger partial charge is 0.416 e. The number of alkyl halides is 3. The van der Waals surface area contributed by atoms with Gasteiger partial charge in [0.25, 0.3) is 11.4 Å². The van der Waals surface area contributed by atoms with Gasteiger partial charge in [0, 0.05) is 18.7 Å². The van der Waals surface area contributed by atoms with Gasteiger partial charge in [0.15, 0.2) is 23.6 Å². The van der Waals surface area contributed by atoms with Crippen molar-refractivity contribution in [3.05, 3.63) is 62.3 Å². The molecule has 0 amide bonds. The number of aryl methyl sites for hydroxylation is 1. The highest BCUT2D eigenvalue weighted by Gasteiger charge is 2.30. The molecule has 0 saturated carbocycles. The third-order valence-corrected chi connectivity index (χ3v) is 5.19. The predicted molar refractivity (Wildman–Crippen MR) is 125 cm³/mol. The highest BCUT2D eigenvalue weighted by Crippen LogP contribution is 2.29. The Hall–Kier alpha value is -4.27. The first-order valence-electron chi connectivity index (χ1n) is 11.2. The number of imidazole rings is 1. The summed E-state index contributed by atoms with van der Waals surface area (Å²) in [4.78, 5) is 32.9. The van der Waals surface area contributed by atoms with Crippen LogP contribution in [0, 0.1) is 11.8 Å². The van der Waals surface area contributed by atoms with Crippen molar-refractivity contribution in [2.45, 2.75) is 46.0 Å². The van der Waals surface area contributed by atoms with E-state index in [9.17, 15) is 22.8 Å². The molecule has 0 bridgehead atoms. The Morgan fingerprint density at radius 1 is 1.11 bits per heavy atom. The molecule has 3 heterocycles. The zero-order valence-corrected chi connectivity index (χ0v) is 19.5. The number of hydrogen-bond donors (Lipinski definition) is 1. The fourth-order valence-corrected chi connectivity index (χ4v) is 3.59. The van der Waals surface area contributed by atoms with Gasteiger partial charge in [0.05, 0.1) is 11.6 Å². The van der Waals surface area contributed by atoms with Crippen LogP contribution in [0.2, 0.25) is 0 Å². The second kappa shape index (κ2) is 10.2. The van der Waals surface area contributed by atoms with Crippen LogP contribution in [0.3, 0.4) is 0 Å². The topological polar surface area (TPSA) is 108 Å². The van der Waals surface area contributed by atoms with E-state index in [1.807, 2.05) is 13.8 Å². The normalized spacial score (nSPS) is 11.5. The van der Waals surface area contributed by atoms with Gasteiger partial charge >= 0.3 is 11.9 Å². The standard InChI is InChI=1S/C24H22F3N5O4/c1-3-10-31-21-19(22(33)32(11-4-2)23(31)34)28-20(29-21)17-14-18(30-36-17)35-12-6-8-15-7-5-9-16(13-15)24(25,26)27/h5,7,9,13-14H,3-4,10-12H2,1-2H3,(H,28,29). The maximum absolute atomic E-state index is 12.8. The van der Waals surface area contributed by atoms with Crippen LogP contribution in [0.4, 0.5) is 13.2 Å². The summed E-state index contributed by atoms with van der Waals surface area (Å²) in [5.74, 6) is 5.66. The Bertz CT molecular complexity index is 1570. The van der Waals surface area contributed by atoms with Gasteiger partial charge in [-0.2, -0.15) is 13.2 Å². The predicted octanol–water partition coefficient (Wildman–Crippen LogP) is 3.81. The number of H-pyrrole nitrogens is 1. The lowest BCUT2D eigenvalue weighted by Crippen LogP contribution is -2.40. The number of ether oxygens (including phenoxy) is 1. The highest BCUT2D eigenvalue weighted by atomic mass is 19.4. The van der Waals surface area contributed by atoms with Crippen LogP contribution in [-0.2, 0) is 19.3 Å². The van der Waals surface area contributed by atoms with Crippen molar-refractivity contribution in [3.8, 4) is 29.3 Å². The maximum atomic E-state index is 12.8. The van der Waals surface area contributed by atoms with Gasteiger partial charge in [-0.3, -0.25) is 13.9 Å². The van der Waals surface area contributed by atoms with Gasteiger partial charge in [-0.25, -0.2) is 9.78 Å². The van der Waals surface area contributed by atoms with Crippen molar-refractivity contribution in [1.29, 1.82) is 0 Å². The van der Waals surface area contributed by atoms with E-state index in [0.717, 1.165) is 12.1 Å². The zero-order chi connectivity index (χ0) is 25.9. The van der Waals surface area contributed by atoms with Gasteiger partial charge in [-0.15, -0.1) is 0 Å². The Labute approximate surface area is 202 Å². The number of fused-ring (bicyclic) bond motifs is 1. The molecular weight excluding hydrogens is 479 g/mol. The first-order chi connectivity index (χ1) is 17.2. The van der Waals surface area contributed by atoms with E-state index < -0.39 is 23.0 Å². The Balaban J connectivity index is 1.55. The summed E-state index contributed by atoms with van der Waals surface area (Å²) in [6, 6.07) is 6.09. The molecule has 12 heteroatoms. The second-order valence-electron chi connectivity index (χ2n) is 7.87. The SMILES string of the molecule is CCCn1c(=O)c2[nH]c(-c3cc(OCC#Cc4cccc(C(F)(F)F)c4)no3)nc2n(CCC)c1=O. The van der Waals surface area contributed by atoms with Gasteiger partial charge < -0.3 is 14.2 Å². The number of aromatic amines is 1. The molecule has 1 aromatic carbocycles. The van der Waals surface area contributed by atoms with Crippen molar-refractivity contribution in [2.24, 2.45) is 0 Å². The number of aromatic nitrogens is 5. The van der Waals surface area contributed by atoms with Gasteiger partial charge in [0.1, 0.15) is 0 Å². The lowest BCUT2D eigenvalue weighted by atomic mass is 10.1. The van der Waals surface area contributed by atoms with Crippen molar-refractivity contribution < 1.29 is 22.4 Å². The van der Waals surface area contributed by atoms with Crippen LogP contribution < -0.4 is 16.0 Å². The zero-order valence-electron chi connectivity index (χ0n) is 19.5. The average molecular weight is 501 g/mol. The minimum Gasteiger partial charge on any atom is -0.462 e. The van der Waals surface area contributed by atoms with Crippen molar-refractivity contribution in [3.63, 3.8) is 0 Å². The van der Waals surface area contributed by atoms with Crippen molar-refractivity contribution in [2.75, 3.05) is 6.61 Å². The minimum atomic E-state index is -4.45. The molecule has 0 radical (unpaired) electrons. The molecule has 0 fully saturated rings. The molecule has 4 rings (SSSR count). The summed E-state index contributed by atoms with van der Waals surface area (Å²) in [6.07, 6.45) is -3.16. The second-order valence-corrected chi connectivity index (χ2v) is 7.87. The summed E-state index contributed by atoms with van der Waals surface area (Å²) >= 11 is 0. The van der Waals surface area contributed by atoms with Crippen molar-refractivity contribution >= 4 is 11.2 Å². The number of halogens is 3. The van der Waals surface area contributed by atoms with Crippen LogP contribution in [0.25, 0.3) is 22.7 Å². The van der Waals surface area contributed by atoms with E-state index in [1.54, 1.807) is 0 Å². The quantitative estimate of drug-likeness (QED) is 0.386. The largest absolute Gasteiger partial charge is 0.462 e. The molecule has 9 nitrogen and oxygen atoms in total. The molecule has 0 aliphatic carbocycles. The summed E-state index contributed by atoms with van der Waals surface area (Å²) in [5, 5.41) is 3.77. The fraction of sp³-hybridized carbons (Fsp3) is 0.333. The number of nitrogens with one attached hydrogen (secondary N) is 1. The molecule has 188 valence electrons. The van der Waals surface area contributed by atoms with Gasteiger partial charge in [-0.1, -0.05) is 31.8 Å². The lowest BCUT2D eigenvalue weighted by Gasteiger charge is -2.09. The molecule has 0 spiro atoms. The monoisotopic (exact) mass is 501 g/mol. The number of benzene rings is 1. The van der Waals surface area contributed by atoms with Gasteiger partial charge in [0.2, 0.25) is 5.76 Å². The molecule has 3 aromatic heterocycles. The van der Waals surface area contributed by atoms with Gasteiger partial charge in [-0.05, 0) is 36.2 Å². The summed E-state index contributed by atoms with van der Waals surface area (Å²) in [5.41, 5.74) is -1.08. The van der Waals surface area contributed by atoms with E-state index >= 15 is 0 Å². The van der Waals surface area contributed by atoms with Crippen LogP contribution in [0.1, 0.15) is 37.8 Å². The third kappa shape index (κ3) is 5.05. The molecule has 0 aliphatic heterocycles. The molecule has 1 N–H and O–H groups in total. The lowest BCUT2D eigenvalue weighted by molar-refractivity contribution is -0.137. The first kappa shape index (κ1) is 24.8. The molecule has 0 saturated heterocycles. The van der Waals surface area contributed by atoms with E-state index in [-0.39, 0.29) is 47.3 Å². The van der Waals surface area contributed by atoms with E-state index in [2.05, 4.69) is 27.0 Å². The van der Waals surface area contributed by atoms with Crippen LogP contribution >= 0.6 is 0 Å². The van der Waals surface area contributed by atoms with Crippen LogP contribution in [0.15, 0.2) is 44.4 Å². The molecule has 0 unspecified atom stereocenters. The summed E-state index contributed by atoms with van der Waals surface area (Å²) < 4.78 is 51.7. The number of hydrogen-bond acceptors (Lipinski definition) is 6. The third-order valence-electron chi connectivity index (χ3n) is 5.19. The Morgan fingerprint density at radius 3 is 2.58 bits per heavy atom. The van der Waals surface area contributed by atoms with E-state index in [0.29, 0.717) is 19.4 Å². The molecule has 36 heavy (non-hydrogen) atoms. The molecular formula is C24H22F3N5O4. The van der Waals surface area contributed by atoms with E-state index in [4.69, 9.17) is 9.26 Å². The molecule has 4 aromatic rings. The highest BCUT2D eigenvalue weighted by molar-refractivity contribution is 5.74.